The second kappa shape index (κ2) is 12.2. The molecule has 0 aliphatic rings. The maximum absolute atomic E-state index is 5.52. The summed E-state index contributed by atoms with van der Waals surface area (Å²) in [5.41, 5.74) is 0. The quantitative estimate of drug-likeness (QED) is 0.370. The molecule has 1 rings (SSSR count). The van der Waals surface area contributed by atoms with Gasteiger partial charge in [0.1, 0.15) is 0 Å². The molecule has 0 fully saturated rings. The van der Waals surface area contributed by atoms with Crippen molar-refractivity contribution in [3.63, 3.8) is 0 Å². The van der Waals surface area contributed by atoms with Crippen molar-refractivity contribution in [2.75, 3.05) is 32.8 Å². The summed E-state index contributed by atoms with van der Waals surface area (Å²) in [7, 11) is 0. The molecule has 0 saturated carbocycles. The standard InChI is InChI=1S/C15H29N5O/c1-3-5-13-21-14-10-18-15(16-4-2)17-8-6-11-20-12-7-9-19-20/h7,9,12H,3-6,8,10-11,13-14H2,1-2H3,(H2,16,17,18). The number of unbranched alkanes of at least 4 members (excludes halogenated alkanes) is 1. The van der Waals surface area contributed by atoms with E-state index in [9.17, 15) is 0 Å². The third kappa shape index (κ3) is 9.07. The van der Waals surface area contributed by atoms with Crippen LogP contribution in [0.5, 0.6) is 0 Å². The summed E-state index contributed by atoms with van der Waals surface area (Å²) in [6.45, 7) is 9.13. The van der Waals surface area contributed by atoms with E-state index in [0.29, 0.717) is 0 Å². The molecule has 0 radical (unpaired) electrons. The third-order valence-corrected chi connectivity index (χ3v) is 2.90. The van der Waals surface area contributed by atoms with Crippen molar-refractivity contribution in [1.82, 2.24) is 20.4 Å². The maximum atomic E-state index is 5.52. The van der Waals surface area contributed by atoms with Crippen molar-refractivity contribution >= 4 is 5.96 Å². The van der Waals surface area contributed by atoms with Gasteiger partial charge in [0.05, 0.1) is 6.61 Å². The minimum absolute atomic E-state index is 0.720. The maximum Gasteiger partial charge on any atom is 0.191 e. The molecule has 6 heteroatoms. The zero-order chi connectivity index (χ0) is 15.2. The van der Waals surface area contributed by atoms with Crippen LogP contribution in [0.3, 0.4) is 0 Å². The SMILES string of the molecule is CCCCOCCNC(=NCCCn1cccn1)NCC. The lowest BCUT2D eigenvalue weighted by atomic mass is 10.4. The van der Waals surface area contributed by atoms with Gasteiger partial charge in [-0.3, -0.25) is 9.67 Å². The van der Waals surface area contributed by atoms with Gasteiger partial charge in [-0.05, 0) is 25.8 Å². The van der Waals surface area contributed by atoms with Crippen molar-refractivity contribution < 1.29 is 4.74 Å². The van der Waals surface area contributed by atoms with Crippen LogP contribution in [0.25, 0.3) is 0 Å². The Bertz CT molecular complexity index is 364. The summed E-state index contributed by atoms with van der Waals surface area (Å²) in [4.78, 5) is 4.54. The molecule has 0 saturated heterocycles. The number of nitrogens with zero attached hydrogens (tertiary/aromatic N) is 3. The molecule has 0 spiro atoms. The Labute approximate surface area is 128 Å². The smallest absolute Gasteiger partial charge is 0.191 e. The van der Waals surface area contributed by atoms with Gasteiger partial charge in [0.2, 0.25) is 0 Å². The van der Waals surface area contributed by atoms with Gasteiger partial charge in [-0.1, -0.05) is 13.3 Å². The van der Waals surface area contributed by atoms with E-state index in [4.69, 9.17) is 4.74 Å². The summed E-state index contributed by atoms with van der Waals surface area (Å²) < 4.78 is 7.45. The predicted molar refractivity (Wildman–Crippen MR) is 86.6 cm³/mol. The Hall–Kier alpha value is -1.56. The average molecular weight is 295 g/mol. The van der Waals surface area contributed by atoms with Crippen LogP contribution in [0.2, 0.25) is 0 Å². The molecule has 0 aromatic carbocycles. The average Bonchev–Trinajstić information content (AvgIpc) is 3.00. The zero-order valence-electron chi connectivity index (χ0n) is 13.3. The Morgan fingerprint density at radius 1 is 1.24 bits per heavy atom. The van der Waals surface area contributed by atoms with Gasteiger partial charge in [0, 0.05) is 45.2 Å². The van der Waals surface area contributed by atoms with Crippen molar-refractivity contribution in [1.29, 1.82) is 0 Å². The molecule has 2 N–H and O–H groups in total. The highest BCUT2D eigenvalue weighted by Crippen LogP contribution is 1.90. The summed E-state index contributed by atoms with van der Waals surface area (Å²) >= 11 is 0. The van der Waals surface area contributed by atoms with Crippen LogP contribution >= 0.6 is 0 Å². The number of aliphatic imine (C=N–C) groups is 1. The van der Waals surface area contributed by atoms with Crippen LogP contribution in [0.15, 0.2) is 23.5 Å². The molecule has 0 aliphatic heterocycles. The lowest BCUT2D eigenvalue weighted by Gasteiger charge is -2.11. The molecule has 1 heterocycles. The monoisotopic (exact) mass is 295 g/mol. The van der Waals surface area contributed by atoms with Crippen LogP contribution in [0.1, 0.15) is 33.1 Å². The second-order valence-corrected chi connectivity index (χ2v) is 4.78. The van der Waals surface area contributed by atoms with E-state index >= 15 is 0 Å². The molecule has 21 heavy (non-hydrogen) atoms. The highest BCUT2D eigenvalue weighted by molar-refractivity contribution is 5.79. The normalized spacial score (nSPS) is 11.6. The number of hydrogen-bond acceptors (Lipinski definition) is 3. The van der Waals surface area contributed by atoms with Crippen molar-refractivity contribution in [3.8, 4) is 0 Å². The lowest BCUT2D eigenvalue weighted by molar-refractivity contribution is 0.136. The minimum atomic E-state index is 0.720. The van der Waals surface area contributed by atoms with Crippen molar-refractivity contribution in [2.24, 2.45) is 4.99 Å². The van der Waals surface area contributed by atoms with Gasteiger partial charge in [-0.2, -0.15) is 5.10 Å². The summed E-state index contributed by atoms with van der Waals surface area (Å²) in [5, 5.41) is 10.7. The number of ether oxygens (including phenoxy) is 1. The number of aryl methyl sites for hydroxylation is 1. The second-order valence-electron chi connectivity index (χ2n) is 4.78. The first kappa shape index (κ1) is 17.5. The van der Waals surface area contributed by atoms with Crippen molar-refractivity contribution in [2.45, 2.75) is 39.7 Å². The van der Waals surface area contributed by atoms with Gasteiger partial charge in [0.15, 0.2) is 5.96 Å². The Balaban J connectivity index is 2.13. The Morgan fingerprint density at radius 2 is 2.14 bits per heavy atom. The van der Waals surface area contributed by atoms with E-state index < -0.39 is 0 Å². The van der Waals surface area contributed by atoms with E-state index in [1.807, 2.05) is 16.9 Å². The van der Waals surface area contributed by atoms with Crippen LogP contribution < -0.4 is 10.6 Å². The minimum Gasteiger partial charge on any atom is -0.380 e. The van der Waals surface area contributed by atoms with E-state index in [-0.39, 0.29) is 0 Å². The first-order valence-corrected chi connectivity index (χ1v) is 7.94. The predicted octanol–water partition coefficient (Wildman–Crippen LogP) is 1.64. The molecule has 0 bridgehead atoms. The van der Waals surface area contributed by atoms with E-state index in [1.165, 1.54) is 6.42 Å². The number of nitrogens with one attached hydrogen (secondary N) is 2. The molecule has 0 amide bonds. The van der Waals surface area contributed by atoms with Gasteiger partial charge < -0.3 is 15.4 Å². The van der Waals surface area contributed by atoms with Crippen molar-refractivity contribution in [3.05, 3.63) is 18.5 Å². The molecule has 0 aliphatic carbocycles. The van der Waals surface area contributed by atoms with Crippen LogP contribution in [0, 0.1) is 0 Å². The molecular formula is C15H29N5O. The lowest BCUT2D eigenvalue weighted by Crippen LogP contribution is -2.39. The number of hydrogen-bond donors (Lipinski definition) is 2. The number of rotatable bonds is 11. The van der Waals surface area contributed by atoms with Gasteiger partial charge in [0.25, 0.3) is 0 Å². The Kier molecular flexibility index (Phi) is 10.2. The molecule has 1 aromatic heterocycles. The molecule has 120 valence electrons. The molecule has 1 aromatic rings. The van der Waals surface area contributed by atoms with E-state index in [0.717, 1.165) is 58.2 Å². The van der Waals surface area contributed by atoms with Crippen LogP contribution in [-0.4, -0.2) is 48.6 Å². The van der Waals surface area contributed by atoms with Gasteiger partial charge in [-0.25, -0.2) is 0 Å². The first-order chi connectivity index (χ1) is 10.4. The fourth-order valence-electron chi connectivity index (χ4n) is 1.79. The first-order valence-electron chi connectivity index (χ1n) is 7.94. The Morgan fingerprint density at radius 3 is 2.86 bits per heavy atom. The summed E-state index contributed by atoms with van der Waals surface area (Å²) in [5.74, 6) is 0.858. The zero-order valence-corrected chi connectivity index (χ0v) is 13.3. The number of aromatic nitrogens is 2. The highest BCUT2D eigenvalue weighted by Gasteiger charge is 1.97. The van der Waals surface area contributed by atoms with Crippen LogP contribution in [-0.2, 0) is 11.3 Å². The van der Waals surface area contributed by atoms with Gasteiger partial charge >= 0.3 is 0 Å². The third-order valence-electron chi connectivity index (χ3n) is 2.90. The number of guanidine groups is 1. The largest absolute Gasteiger partial charge is 0.380 e. The fraction of sp³-hybridized carbons (Fsp3) is 0.733. The van der Waals surface area contributed by atoms with Gasteiger partial charge in [-0.15, -0.1) is 0 Å². The van der Waals surface area contributed by atoms with E-state index in [2.05, 4.69) is 34.6 Å². The summed E-state index contributed by atoms with van der Waals surface area (Å²) in [6.07, 6.45) is 7.05. The fourth-order valence-corrected chi connectivity index (χ4v) is 1.79. The molecule has 6 nitrogen and oxygen atoms in total. The molecule has 0 atom stereocenters. The topological polar surface area (TPSA) is 63.5 Å². The summed E-state index contributed by atoms with van der Waals surface area (Å²) in [6, 6.07) is 1.94. The van der Waals surface area contributed by atoms with Crippen LogP contribution in [0.4, 0.5) is 0 Å². The highest BCUT2D eigenvalue weighted by atomic mass is 16.5. The molecular weight excluding hydrogens is 266 g/mol. The molecule has 0 unspecified atom stereocenters. The van der Waals surface area contributed by atoms with E-state index in [1.54, 1.807) is 6.20 Å².